The first-order valence-corrected chi connectivity index (χ1v) is 8.05. The van der Waals surface area contributed by atoms with Crippen LogP contribution in [0.5, 0.6) is 0 Å². The monoisotopic (exact) mass is 305 g/mol. The Hall–Kier alpha value is -1.62. The molecule has 1 aliphatic heterocycles. The zero-order chi connectivity index (χ0) is 16.1. The highest BCUT2D eigenvalue weighted by Crippen LogP contribution is 2.18. The molecule has 1 amide bonds. The molecule has 0 saturated carbocycles. The summed E-state index contributed by atoms with van der Waals surface area (Å²) in [4.78, 5) is 20.9. The Morgan fingerprint density at radius 2 is 2.18 bits per heavy atom. The smallest absolute Gasteiger partial charge is 0.272 e. The summed E-state index contributed by atoms with van der Waals surface area (Å²) in [6.45, 7) is 5.52. The molecule has 0 aromatic carbocycles. The average molecular weight is 305 g/mol. The molecule has 122 valence electrons. The second-order valence-corrected chi connectivity index (χ2v) is 6.33. The van der Waals surface area contributed by atoms with Crippen LogP contribution in [0.2, 0.25) is 0 Å². The predicted octanol–water partition coefficient (Wildman–Crippen LogP) is 2.57. The van der Waals surface area contributed by atoms with Crippen LogP contribution in [0.15, 0.2) is 18.3 Å². The molecule has 0 N–H and O–H groups in total. The van der Waals surface area contributed by atoms with Crippen LogP contribution in [0.3, 0.4) is 0 Å². The van der Waals surface area contributed by atoms with Gasteiger partial charge in [-0.1, -0.05) is 0 Å². The van der Waals surface area contributed by atoms with Crippen molar-refractivity contribution >= 4 is 11.6 Å². The fourth-order valence-electron chi connectivity index (χ4n) is 2.66. The van der Waals surface area contributed by atoms with Crippen molar-refractivity contribution in [3.8, 4) is 0 Å². The van der Waals surface area contributed by atoms with Gasteiger partial charge in [0.15, 0.2) is 0 Å². The molecule has 1 fully saturated rings. The maximum atomic E-state index is 12.8. The zero-order valence-corrected chi connectivity index (χ0v) is 14.1. The summed E-state index contributed by atoms with van der Waals surface area (Å²) in [5.41, 5.74) is 1.48. The Labute approximate surface area is 133 Å². The van der Waals surface area contributed by atoms with Crippen molar-refractivity contribution in [2.24, 2.45) is 0 Å². The van der Waals surface area contributed by atoms with E-state index in [0.717, 1.165) is 25.1 Å². The van der Waals surface area contributed by atoms with E-state index in [1.807, 2.05) is 49.9 Å². The molecule has 0 aliphatic carbocycles. The van der Waals surface area contributed by atoms with Gasteiger partial charge in [0, 0.05) is 45.2 Å². The molecule has 1 atom stereocenters. The number of pyridine rings is 1. The number of amides is 1. The zero-order valence-electron chi connectivity index (χ0n) is 14.1. The minimum absolute atomic E-state index is 0.0205. The average Bonchev–Trinajstić information content (AvgIpc) is 2.53. The Balaban J connectivity index is 2.13. The molecular formula is C17H27N3O2. The Morgan fingerprint density at radius 3 is 2.77 bits per heavy atom. The van der Waals surface area contributed by atoms with E-state index in [1.54, 1.807) is 6.20 Å². The third kappa shape index (κ3) is 4.19. The van der Waals surface area contributed by atoms with Crippen molar-refractivity contribution in [2.75, 3.05) is 32.1 Å². The van der Waals surface area contributed by atoms with Gasteiger partial charge in [-0.3, -0.25) is 9.78 Å². The van der Waals surface area contributed by atoms with Gasteiger partial charge in [-0.2, -0.15) is 0 Å². The molecule has 1 aromatic rings. The highest BCUT2D eigenvalue weighted by atomic mass is 16.5. The van der Waals surface area contributed by atoms with Crippen LogP contribution < -0.4 is 4.90 Å². The maximum Gasteiger partial charge on any atom is 0.272 e. The summed E-state index contributed by atoms with van der Waals surface area (Å²) >= 11 is 0. The molecule has 0 bridgehead atoms. The van der Waals surface area contributed by atoms with E-state index >= 15 is 0 Å². The minimum Gasteiger partial charge on any atom is -0.378 e. The number of carbonyl (C=O) groups is 1. The van der Waals surface area contributed by atoms with Gasteiger partial charge >= 0.3 is 0 Å². The number of hydrogen-bond donors (Lipinski definition) is 0. The van der Waals surface area contributed by atoms with Gasteiger partial charge in [0.2, 0.25) is 0 Å². The third-order valence-corrected chi connectivity index (χ3v) is 4.04. The first-order valence-electron chi connectivity index (χ1n) is 8.05. The van der Waals surface area contributed by atoms with Gasteiger partial charge < -0.3 is 14.5 Å². The largest absolute Gasteiger partial charge is 0.378 e. The Bertz CT molecular complexity index is 496. The number of hydrogen-bond acceptors (Lipinski definition) is 4. The summed E-state index contributed by atoms with van der Waals surface area (Å²) in [5.74, 6) is -0.0205. The van der Waals surface area contributed by atoms with Crippen LogP contribution in [0.1, 0.15) is 43.6 Å². The molecule has 1 saturated heterocycles. The Kier molecular flexibility index (Phi) is 5.77. The fourth-order valence-corrected chi connectivity index (χ4v) is 2.66. The molecule has 0 unspecified atom stereocenters. The second-order valence-electron chi connectivity index (χ2n) is 6.33. The van der Waals surface area contributed by atoms with Crippen molar-refractivity contribution in [3.05, 3.63) is 24.0 Å². The standard InChI is InChI=1S/C17H27N3O2/c1-13(2)20(12-15-7-5-6-10-22-15)17(21)16-11-14(19(3)4)8-9-18-16/h8-9,11,13,15H,5-7,10,12H2,1-4H3/t15-/m0/s1. The number of nitrogens with zero attached hydrogens (tertiary/aromatic N) is 3. The maximum absolute atomic E-state index is 12.8. The lowest BCUT2D eigenvalue weighted by molar-refractivity contribution is -0.00843. The van der Waals surface area contributed by atoms with E-state index < -0.39 is 0 Å². The summed E-state index contributed by atoms with van der Waals surface area (Å²) in [5, 5.41) is 0. The first kappa shape index (κ1) is 16.7. The van der Waals surface area contributed by atoms with Crippen LogP contribution in [-0.2, 0) is 4.74 Å². The molecule has 5 nitrogen and oxygen atoms in total. The summed E-state index contributed by atoms with van der Waals surface area (Å²) in [7, 11) is 3.92. The van der Waals surface area contributed by atoms with Crippen molar-refractivity contribution in [1.29, 1.82) is 0 Å². The van der Waals surface area contributed by atoms with Crippen molar-refractivity contribution in [2.45, 2.75) is 45.3 Å². The van der Waals surface area contributed by atoms with Crippen LogP contribution in [-0.4, -0.2) is 55.2 Å². The molecule has 2 rings (SSSR count). The van der Waals surface area contributed by atoms with Gasteiger partial charge in [-0.25, -0.2) is 0 Å². The van der Waals surface area contributed by atoms with Gasteiger partial charge in [-0.15, -0.1) is 0 Å². The van der Waals surface area contributed by atoms with Crippen molar-refractivity contribution < 1.29 is 9.53 Å². The molecule has 22 heavy (non-hydrogen) atoms. The third-order valence-electron chi connectivity index (χ3n) is 4.04. The highest BCUT2D eigenvalue weighted by Gasteiger charge is 2.25. The predicted molar refractivity (Wildman–Crippen MR) is 88.3 cm³/mol. The molecule has 1 aromatic heterocycles. The second kappa shape index (κ2) is 7.58. The number of rotatable bonds is 5. The normalized spacial score (nSPS) is 18.3. The van der Waals surface area contributed by atoms with Crippen LogP contribution in [0, 0.1) is 0 Å². The lowest BCUT2D eigenvalue weighted by Crippen LogP contribution is -2.44. The van der Waals surface area contributed by atoms with Gasteiger partial charge in [0.05, 0.1) is 6.10 Å². The summed E-state index contributed by atoms with van der Waals surface area (Å²) in [6.07, 6.45) is 5.18. The SMILES string of the molecule is CC(C)N(C[C@@H]1CCCCO1)C(=O)c1cc(N(C)C)ccn1. The minimum atomic E-state index is -0.0205. The van der Waals surface area contributed by atoms with Gasteiger partial charge in [-0.05, 0) is 45.2 Å². The van der Waals surface area contributed by atoms with E-state index in [9.17, 15) is 4.79 Å². The van der Waals surface area contributed by atoms with Crippen molar-refractivity contribution in [3.63, 3.8) is 0 Å². The molecule has 5 heteroatoms. The number of aromatic nitrogens is 1. The lowest BCUT2D eigenvalue weighted by atomic mass is 10.1. The topological polar surface area (TPSA) is 45.7 Å². The van der Waals surface area contributed by atoms with E-state index in [2.05, 4.69) is 4.98 Å². The van der Waals surface area contributed by atoms with Gasteiger partial charge in [0.25, 0.3) is 5.91 Å². The van der Waals surface area contributed by atoms with E-state index in [1.165, 1.54) is 6.42 Å². The molecule has 2 heterocycles. The lowest BCUT2D eigenvalue weighted by Gasteiger charge is -2.32. The molecular weight excluding hydrogens is 278 g/mol. The van der Waals surface area contributed by atoms with Crippen LogP contribution in [0.4, 0.5) is 5.69 Å². The molecule has 0 radical (unpaired) electrons. The van der Waals surface area contributed by atoms with E-state index in [0.29, 0.717) is 12.2 Å². The van der Waals surface area contributed by atoms with Gasteiger partial charge in [0.1, 0.15) is 5.69 Å². The van der Waals surface area contributed by atoms with Crippen LogP contribution >= 0.6 is 0 Å². The summed E-state index contributed by atoms with van der Waals surface area (Å²) < 4.78 is 5.78. The first-order chi connectivity index (χ1) is 10.5. The number of ether oxygens (including phenoxy) is 1. The molecule has 0 spiro atoms. The number of anilines is 1. The van der Waals surface area contributed by atoms with Crippen molar-refractivity contribution in [1.82, 2.24) is 9.88 Å². The van der Waals surface area contributed by atoms with E-state index in [-0.39, 0.29) is 18.1 Å². The van der Waals surface area contributed by atoms with Crippen LogP contribution in [0.25, 0.3) is 0 Å². The van der Waals surface area contributed by atoms with E-state index in [4.69, 9.17) is 4.74 Å². The quantitative estimate of drug-likeness (QED) is 0.839. The Morgan fingerprint density at radius 1 is 1.41 bits per heavy atom. The fraction of sp³-hybridized carbons (Fsp3) is 0.647. The highest BCUT2D eigenvalue weighted by molar-refractivity contribution is 5.93. The number of carbonyl (C=O) groups excluding carboxylic acids is 1. The molecule has 1 aliphatic rings. The summed E-state index contributed by atoms with van der Waals surface area (Å²) in [6, 6.07) is 3.88.